The van der Waals surface area contributed by atoms with Crippen LogP contribution in [0.1, 0.15) is 40.0 Å². The van der Waals surface area contributed by atoms with Crippen molar-refractivity contribution in [1.29, 1.82) is 0 Å². The van der Waals surface area contributed by atoms with E-state index < -0.39 is 0 Å². The Labute approximate surface area is 126 Å². The van der Waals surface area contributed by atoms with Crippen LogP contribution in [0.2, 0.25) is 0 Å². The molecule has 1 rings (SSSR count). The van der Waals surface area contributed by atoms with E-state index >= 15 is 0 Å². The highest BCUT2D eigenvalue weighted by molar-refractivity contribution is 9.11. The number of rotatable bonds is 5. The van der Waals surface area contributed by atoms with Crippen molar-refractivity contribution in [3.05, 3.63) is 35.0 Å². The molecule has 3 N–H and O–H groups in total. The zero-order valence-corrected chi connectivity index (χ0v) is 14.0. The Hall–Kier alpha value is -0.540. The van der Waals surface area contributed by atoms with Crippen molar-refractivity contribution in [3.8, 4) is 0 Å². The molecule has 0 saturated heterocycles. The molecular formula is C16H27BrN2. The van der Waals surface area contributed by atoms with E-state index in [-0.39, 0.29) is 0 Å². The summed E-state index contributed by atoms with van der Waals surface area (Å²) in [7, 11) is 0. The third-order valence-corrected chi connectivity index (χ3v) is 4.22. The van der Waals surface area contributed by atoms with E-state index in [4.69, 9.17) is 5.73 Å². The average molecular weight is 327 g/mol. The summed E-state index contributed by atoms with van der Waals surface area (Å²) in [4.78, 5) is 0. The van der Waals surface area contributed by atoms with E-state index in [9.17, 15) is 0 Å². The van der Waals surface area contributed by atoms with Crippen molar-refractivity contribution in [3.63, 3.8) is 0 Å². The molecule has 3 heteroatoms. The van der Waals surface area contributed by atoms with Crippen LogP contribution in [0.4, 0.5) is 0 Å². The number of nitrogens with two attached hydrogens (primary N) is 1. The van der Waals surface area contributed by atoms with Crippen LogP contribution < -0.4 is 11.1 Å². The Bertz CT molecular complexity index is 369. The molecule has 0 aromatic carbocycles. The van der Waals surface area contributed by atoms with Gasteiger partial charge in [0.2, 0.25) is 0 Å². The molecular weight excluding hydrogens is 300 g/mol. The standard InChI is InChI=1S/C16H27BrN2/c1-5-13(17)6-7-14(11-18)19-15-8-12(2)9-16(3,4)10-15/h5-7,12,15,19H,1,8-11,18H2,2-4H3/b13-6+,14-7+/t12-,15+/m0/s1. The summed E-state index contributed by atoms with van der Waals surface area (Å²) in [5, 5.41) is 3.61. The number of allylic oxidation sites excluding steroid dienone is 4. The first-order valence-electron chi connectivity index (χ1n) is 7.01. The van der Waals surface area contributed by atoms with E-state index in [1.165, 1.54) is 19.3 Å². The normalized spacial score (nSPS) is 28.1. The zero-order valence-electron chi connectivity index (χ0n) is 12.4. The number of halogens is 1. The molecule has 1 aliphatic rings. The number of nitrogens with one attached hydrogen (secondary N) is 1. The lowest BCUT2D eigenvalue weighted by atomic mass is 9.70. The van der Waals surface area contributed by atoms with Gasteiger partial charge >= 0.3 is 0 Å². The van der Waals surface area contributed by atoms with Gasteiger partial charge in [0.05, 0.1) is 0 Å². The van der Waals surface area contributed by atoms with Crippen LogP contribution in [0.3, 0.4) is 0 Å². The fraction of sp³-hybridized carbons (Fsp3) is 0.625. The van der Waals surface area contributed by atoms with Crippen molar-refractivity contribution in [1.82, 2.24) is 5.32 Å². The van der Waals surface area contributed by atoms with Gasteiger partial charge in [0, 0.05) is 22.8 Å². The molecule has 2 atom stereocenters. The highest BCUT2D eigenvalue weighted by atomic mass is 79.9. The maximum Gasteiger partial charge on any atom is 0.0328 e. The Kier molecular flexibility index (Phi) is 6.34. The third-order valence-electron chi connectivity index (χ3n) is 3.64. The molecule has 0 spiro atoms. The van der Waals surface area contributed by atoms with Crippen molar-refractivity contribution >= 4 is 15.9 Å². The SMILES string of the molecule is C=C/C(Br)=C\C=C(/CN)N[C@@H]1C[C@H](C)CC(C)(C)C1. The number of hydrogen-bond donors (Lipinski definition) is 2. The van der Waals surface area contributed by atoms with Gasteiger partial charge in [0.25, 0.3) is 0 Å². The lowest BCUT2D eigenvalue weighted by molar-refractivity contribution is 0.157. The molecule has 19 heavy (non-hydrogen) atoms. The van der Waals surface area contributed by atoms with Gasteiger partial charge < -0.3 is 11.1 Å². The highest BCUT2D eigenvalue weighted by Crippen LogP contribution is 2.38. The third kappa shape index (κ3) is 5.96. The quantitative estimate of drug-likeness (QED) is 0.746. The topological polar surface area (TPSA) is 38.0 Å². The van der Waals surface area contributed by atoms with Crippen LogP contribution >= 0.6 is 15.9 Å². The summed E-state index contributed by atoms with van der Waals surface area (Å²) in [6.45, 7) is 11.3. The first kappa shape index (κ1) is 16.5. The molecule has 2 nitrogen and oxygen atoms in total. The van der Waals surface area contributed by atoms with Gasteiger partial charge in [-0.1, -0.05) is 49.4 Å². The molecule has 0 aliphatic heterocycles. The maximum absolute atomic E-state index is 5.82. The fourth-order valence-corrected chi connectivity index (χ4v) is 3.27. The van der Waals surface area contributed by atoms with Crippen LogP contribution in [0, 0.1) is 11.3 Å². The van der Waals surface area contributed by atoms with Crippen molar-refractivity contribution in [2.75, 3.05) is 6.54 Å². The Morgan fingerprint density at radius 1 is 1.42 bits per heavy atom. The minimum absolute atomic E-state index is 0.423. The van der Waals surface area contributed by atoms with Crippen molar-refractivity contribution in [2.24, 2.45) is 17.1 Å². The van der Waals surface area contributed by atoms with Gasteiger partial charge in [-0.05, 0) is 42.7 Å². The van der Waals surface area contributed by atoms with E-state index in [0.29, 0.717) is 18.0 Å². The average Bonchev–Trinajstić information content (AvgIpc) is 2.31. The predicted octanol–water partition coefficient (Wildman–Crippen LogP) is 4.10. The zero-order chi connectivity index (χ0) is 14.5. The summed E-state index contributed by atoms with van der Waals surface area (Å²) in [5.41, 5.74) is 7.33. The Morgan fingerprint density at radius 2 is 2.11 bits per heavy atom. The number of hydrogen-bond acceptors (Lipinski definition) is 2. The summed E-state index contributed by atoms with van der Waals surface area (Å²) in [5.74, 6) is 0.774. The molecule has 0 unspecified atom stereocenters. The van der Waals surface area contributed by atoms with Gasteiger partial charge in [-0.15, -0.1) is 0 Å². The molecule has 0 radical (unpaired) electrons. The molecule has 1 fully saturated rings. The lowest BCUT2D eigenvalue weighted by Gasteiger charge is -2.40. The Morgan fingerprint density at radius 3 is 2.63 bits per heavy atom. The predicted molar refractivity (Wildman–Crippen MR) is 88.1 cm³/mol. The Balaban J connectivity index is 2.68. The summed E-state index contributed by atoms with van der Waals surface area (Å²) >= 11 is 3.42. The van der Waals surface area contributed by atoms with Crippen LogP contribution in [0.25, 0.3) is 0 Å². The molecule has 0 aromatic rings. The molecule has 0 bridgehead atoms. The fourth-order valence-electron chi connectivity index (χ4n) is 3.14. The van der Waals surface area contributed by atoms with Crippen LogP contribution in [0.5, 0.6) is 0 Å². The minimum Gasteiger partial charge on any atom is -0.385 e. The van der Waals surface area contributed by atoms with Crippen molar-refractivity contribution in [2.45, 2.75) is 46.1 Å². The summed E-state index contributed by atoms with van der Waals surface area (Å²) in [6.07, 6.45) is 9.55. The van der Waals surface area contributed by atoms with Crippen LogP contribution in [-0.4, -0.2) is 12.6 Å². The first-order valence-corrected chi connectivity index (χ1v) is 7.81. The smallest absolute Gasteiger partial charge is 0.0328 e. The van der Waals surface area contributed by atoms with Gasteiger partial charge in [0.15, 0.2) is 0 Å². The van der Waals surface area contributed by atoms with Gasteiger partial charge in [-0.3, -0.25) is 0 Å². The largest absolute Gasteiger partial charge is 0.385 e. The molecule has 1 saturated carbocycles. The first-order chi connectivity index (χ1) is 8.86. The lowest BCUT2D eigenvalue weighted by Crippen LogP contribution is -2.40. The van der Waals surface area contributed by atoms with E-state index in [1.807, 2.05) is 12.2 Å². The molecule has 108 valence electrons. The van der Waals surface area contributed by atoms with Gasteiger partial charge in [0.1, 0.15) is 0 Å². The minimum atomic E-state index is 0.423. The molecule has 0 aromatic heterocycles. The highest BCUT2D eigenvalue weighted by Gasteiger charge is 2.31. The molecule has 1 aliphatic carbocycles. The summed E-state index contributed by atoms with van der Waals surface area (Å²) in [6, 6.07) is 0.532. The van der Waals surface area contributed by atoms with Crippen LogP contribution in [0.15, 0.2) is 35.0 Å². The van der Waals surface area contributed by atoms with E-state index in [2.05, 4.69) is 48.6 Å². The second-order valence-corrected chi connectivity index (χ2v) is 7.32. The second kappa shape index (κ2) is 7.30. The van der Waals surface area contributed by atoms with Gasteiger partial charge in [-0.25, -0.2) is 0 Å². The van der Waals surface area contributed by atoms with Crippen molar-refractivity contribution < 1.29 is 0 Å². The second-order valence-electron chi connectivity index (χ2n) is 6.41. The van der Waals surface area contributed by atoms with E-state index in [1.54, 1.807) is 6.08 Å². The molecule has 0 heterocycles. The van der Waals surface area contributed by atoms with Gasteiger partial charge in [-0.2, -0.15) is 0 Å². The molecule has 0 amide bonds. The van der Waals surface area contributed by atoms with E-state index in [0.717, 1.165) is 16.1 Å². The maximum atomic E-state index is 5.82. The van der Waals surface area contributed by atoms with Crippen LogP contribution in [-0.2, 0) is 0 Å². The summed E-state index contributed by atoms with van der Waals surface area (Å²) < 4.78 is 0.970. The monoisotopic (exact) mass is 326 g/mol.